The highest BCUT2D eigenvalue weighted by Crippen LogP contribution is 2.25. The molecule has 6 nitrogen and oxygen atoms in total. The highest BCUT2D eigenvalue weighted by molar-refractivity contribution is 7.99. The molecule has 0 aliphatic heterocycles. The summed E-state index contributed by atoms with van der Waals surface area (Å²) in [6.07, 6.45) is -0.253. The first-order valence-corrected chi connectivity index (χ1v) is 10.6. The summed E-state index contributed by atoms with van der Waals surface area (Å²) in [6, 6.07) is 19.4. The smallest absolute Gasteiger partial charge is 0.237 e. The summed E-state index contributed by atoms with van der Waals surface area (Å²) in [5.41, 5.74) is 0.900. The minimum absolute atomic E-state index is 0.0364. The number of carbonyl (C=O) groups is 1. The lowest BCUT2D eigenvalue weighted by molar-refractivity contribution is -0.116. The molecule has 1 amide bonds. The summed E-state index contributed by atoms with van der Waals surface area (Å²) in [6.45, 7) is 5.96. The van der Waals surface area contributed by atoms with Crippen LogP contribution in [-0.4, -0.2) is 32.5 Å². The van der Waals surface area contributed by atoms with Crippen molar-refractivity contribution in [1.82, 2.24) is 14.8 Å². The molecule has 0 aliphatic carbocycles. The van der Waals surface area contributed by atoms with Crippen molar-refractivity contribution in [2.45, 2.75) is 38.1 Å². The van der Waals surface area contributed by atoms with Gasteiger partial charge in [-0.2, -0.15) is 0 Å². The van der Waals surface area contributed by atoms with Crippen molar-refractivity contribution in [2.75, 3.05) is 10.7 Å². The highest BCUT2D eigenvalue weighted by Gasteiger charge is 2.22. The molecule has 1 heterocycles. The molecule has 0 N–H and O–H groups in total. The Morgan fingerprint density at radius 2 is 1.66 bits per heavy atom. The van der Waals surface area contributed by atoms with Crippen molar-refractivity contribution in [3.63, 3.8) is 0 Å². The topological polar surface area (TPSA) is 60.3 Å². The molecule has 0 saturated carbocycles. The predicted molar refractivity (Wildman–Crippen MR) is 116 cm³/mol. The number of carbonyl (C=O) groups excluding carboxylic acids is 1. The Morgan fingerprint density at radius 3 is 2.28 bits per heavy atom. The summed E-state index contributed by atoms with van der Waals surface area (Å²) in [7, 11) is 1.89. The molecule has 1 aromatic heterocycles. The molecule has 0 spiro atoms. The Kier molecular flexibility index (Phi) is 6.93. The minimum atomic E-state index is -0.253. The van der Waals surface area contributed by atoms with Gasteiger partial charge in [-0.05, 0) is 45.0 Å². The summed E-state index contributed by atoms with van der Waals surface area (Å²) >= 11 is 1.38. The molecule has 7 heteroatoms. The molecule has 152 valence electrons. The fourth-order valence-electron chi connectivity index (χ4n) is 3.08. The second kappa shape index (κ2) is 9.60. The third kappa shape index (κ3) is 5.17. The van der Waals surface area contributed by atoms with Gasteiger partial charge in [-0.3, -0.25) is 4.79 Å². The van der Waals surface area contributed by atoms with E-state index in [0.717, 1.165) is 11.4 Å². The van der Waals surface area contributed by atoms with Crippen molar-refractivity contribution in [2.24, 2.45) is 7.05 Å². The van der Waals surface area contributed by atoms with Crippen LogP contribution in [0.5, 0.6) is 5.75 Å². The molecule has 0 saturated heterocycles. The standard InChI is InChI=1S/C22H26N4O2S/c1-16(2)26(18-11-7-5-8-12-18)20(27)15-29-22-24-23-21(25(22)4)17(3)28-19-13-9-6-10-14-19/h5-14,16-17H,15H2,1-4H3/t17-/m1/s1. The number of ether oxygens (including phenoxy) is 1. The van der Waals surface area contributed by atoms with Gasteiger partial charge in [-0.1, -0.05) is 48.2 Å². The van der Waals surface area contributed by atoms with Crippen LogP contribution in [0.4, 0.5) is 5.69 Å². The van der Waals surface area contributed by atoms with Gasteiger partial charge in [-0.25, -0.2) is 0 Å². The molecule has 0 fully saturated rings. The predicted octanol–water partition coefficient (Wildman–Crippen LogP) is 4.49. The summed E-state index contributed by atoms with van der Waals surface area (Å²) in [5.74, 6) is 1.82. The van der Waals surface area contributed by atoms with Gasteiger partial charge in [0.05, 0.1) is 5.75 Å². The largest absolute Gasteiger partial charge is 0.483 e. The van der Waals surface area contributed by atoms with E-state index in [4.69, 9.17) is 4.74 Å². The van der Waals surface area contributed by atoms with Crippen LogP contribution >= 0.6 is 11.8 Å². The van der Waals surface area contributed by atoms with Crippen LogP contribution in [0.15, 0.2) is 65.8 Å². The quantitative estimate of drug-likeness (QED) is 0.512. The van der Waals surface area contributed by atoms with E-state index in [2.05, 4.69) is 10.2 Å². The van der Waals surface area contributed by atoms with Crippen molar-refractivity contribution < 1.29 is 9.53 Å². The van der Waals surface area contributed by atoms with Gasteiger partial charge in [0.15, 0.2) is 17.1 Å². The number of nitrogens with zero attached hydrogens (tertiary/aromatic N) is 4. The third-order valence-corrected chi connectivity index (χ3v) is 5.44. The number of rotatable bonds is 8. The van der Waals surface area contributed by atoms with E-state index in [1.54, 1.807) is 0 Å². The molecule has 1 atom stereocenters. The van der Waals surface area contributed by atoms with Crippen LogP contribution in [0, 0.1) is 0 Å². The fourth-order valence-corrected chi connectivity index (χ4v) is 3.85. The molecule has 0 radical (unpaired) electrons. The Morgan fingerprint density at radius 1 is 1.03 bits per heavy atom. The van der Waals surface area contributed by atoms with E-state index in [1.807, 2.05) is 97.9 Å². The van der Waals surface area contributed by atoms with Crippen LogP contribution in [0.3, 0.4) is 0 Å². The van der Waals surface area contributed by atoms with E-state index in [0.29, 0.717) is 11.0 Å². The molecule has 3 rings (SSSR count). The molecule has 29 heavy (non-hydrogen) atoms. The average Bonchev–Trinajstić information content (AvgIpc) is 3.08. The minimum Gasteiger partial charge on any atom is -0.483 e. The van der Waals surface area contributed by atoms with Crippen molar-refractivity contribution in [1.29, 1.82) is 0 Å². The lowest BCUT2D eigenvalue weighted by Crippen LogP contribution is -2.38. The number of benzene rings is 2. The SMILES string of the molecule is CC(C)N(C(=O)CSc1nnc([C@@H](C)Oc2ccccc2)n1C)c1ccccc1. The molecule has 2 aromatic carbocycles. The first kappa shape index (κ1) is 20.9. The number of para-hydroxylation sites is 2. The summed E-state index contributed by atoms with van der Waals surface area (Å²) in [4.78, 5) is 14.7. The number of thioether (sulfide) groups is 1. The zero-order valence-electron chi connectivity index (χ0n) is 17.1. The maximum absolute atomic E-state index is 12.9. The first-order chi connectivity index (χ1) is 14.0. The van der Waals surface area contributed by atoms with Crippen molar-refractivity contribution >= 4 is 23.4 Å². The van der Waals surface area contributed by atoms with Gasteiger partial charge in [0.25, 0.3) is 0 Å². The number of aromatic nitrogens is 3. The zero-order valence-corrected chi connectivity index (χ0v) is 18.0. The molecule has 3 aromatic rings. The van der Waals surface area contributed by atoms with E-state index in [1.165, 1.54) is 11.8 Å². The molecule has 0 aliphatic rings. The molecular weight excluding hydrogens is 384 g/mol. The number of amides is 1. The molecule has 0 unspecified atom stereocenters. The van der Waals surface area contributed by atoms with Gasteiger partial charge in [0.2, 0.25) is 5.91 Å². The van der Waals surface area contributed by atoms with E-state index < -0.39 is 0 Å². The second-order valence-corrected chi connectivity index (χ2v) is 7.90. The van der Waals surface area contributed by atoms with Crippen LogP contribution in [-0.2, 0) is 11.8 Å². The van der Waals surface area contributed by atoms with Gasteiger partial charge >= 0.3 is 0 Å². The summed E-state index contributed by atoms with van der Waals surface area (Å²) < 4.78 is 7.82. The Labute approximate surface area is 175 Å². The van der Waals surface area contributed by atoms with Gasteiger partial charge < -0.3 is 14.2 Å². The first-order valence-electron chi connectivity index (χ1n) is 9.58. The van der Waals surface area contributed by atoms with Crippen LogP contribution in [0.1, 0.15) is 32.7 Å². The lowest BCUT2D eigenvalue weighted by Gasteiger charge is -2.26. The highest BCUT2D eigenvalue weighted by atomic mass is 32.2. The maximum atomic E-state index is 12.9. The summed E-state index contributed by atoms with van der Waals surface area (Å²) in [5, 5.41) is 9.21. The Bertz CT molecular complexity index is 929. The zero-order chi connectivity index (χ0) is 20.8. The van der Waals surface area contributed by atoms with Gasteiger partial charge in [0, 0.05) is 18.8 Å². The Balaban J connectivity index is 1.66. The van der Waals surface area contributed by atoms with Crippen molar-refractivity contribution in [3.8, 4) is 5.75 Å². The number of hydrogen-bond donors (Lipinski definition) is 0. The third-order valence-electron chi connectivity index (χ3n) is 4.43. The number of hydrogen-bond acceptors (Lipinski definition) is 5. The molecular formula is C22H26N4O2S. The monoisotopic (exact) mass is 410 g/mol. The lowest BCUT2D eigenvalue weighted by atomic mass is 10.2. The average molecular weight is 411 g/mol. The van der Waals surface area contributed by atoms with E-state index in [-0.39, 0.29) is 23.8 Å². The van der Waals surface area contributed by atoms with Gasteiger partial charge in [0.1, 0.15) is 5.75 Å². The van der Waals surface area contributed by atoms with Crippen molar-refractivity contribution in [3.05, 3.63) is 66.5 Å². The number of anilines is 1. The van der Waals surface area contributed by atoms with E-state index in [9.17, 15) is 4.79 Å². The van der Waals surface area contributed by atoms with Crippen LogP contribution in [0.25, 0.3) is 0 Å². The van der Waals surface area contributed by atoms with Gasteiger partial charge in [-0.15, -0.1) is 10.2 Å². The normalized spacial score (nSPS) is 12.0. The van der Waals surface area contributed by atoms with E-state index >= 15 is 0 Å². The fraction of sp³-hybridized carbons (Fsp3) is 0.318. The second-order valence-electron chi connectivity index (χ2n) is 6.95. The van der Waals surface area contributed by atoms with Crippen LogP contribution < -0.4 is 9.64 Å². The Hall–Kier alpha value is -2.80. The maximum Gasteiger partial charge on any atom is 0.237 e. The molecule has 0 bridgehead atoms. The van der Waals surface area contributed by atoms with Crippen LogP contribution in [0.2, 0.25) is 0 Å².